The van der Waals surface area contributed by atoms with Gasteiger partial charge in [0.2, 0.25) is 0 Å². The number of Topliss-reactive ketones (excluding diaryl/α,β-unsaturated/α-hetero) is 1. The Bertz CT molecular complexity index is 328. The van der Waals surface area contributed by atoms with Crippen molar-refractivity contribution >= 4 is 5.78 Å². The first-order valence-corrected chi connectivity index (χ1v) is 10.3. The number of unbranched alkanes of at least 4 members (excludes halogenated alkanes) is 11. The third-order valence-corrected chi connectivity index (χ3v) is 4.57. The molecule has 4 heteroatoms. The van der Waals surface area contributed by atoms with Crippen molar-refractivity contribution in [3.63, 3.8) is 0 Å². The minimum Gasteiger partial charge on any atom is -0.394 e. The number of carbonyl (C=O) groups is 1. The van der Waals surface area contributed by atoms with Crippen LogP contribution in [0, 0.1) is 0 Å². The topological polar surface area (TPSA) is 77.8 Å². The lowest BCUT2D eigenvalue weighted by Gasteiger charge is -2.13. The first kappa shape index (κ1) is 24.3. The predicted octanol–water partition coefficient (Wildman–Crippen LogP) is 4.31. The highest BCUT2D eigenvalue weighted by atomic mass is 16.4. The van der Waals surface area contributed by atoms with E-state index in [1.807, 2.05) is 0 Å². The number of aliphatic hydroxyl groups excluding tert-OH is 3. The Kier molecular flexibility index (Phi) is 17.6. The molecule has 0 spiro atoms. The lowest BCUT2D eigenvalue weighted by atomic mass is 10.0. The van der Waals surface area contributed by atoms with Crippen molar-refractivity contribution < 1.29 is 20.1 Å². The lowest BCUT2D eigenvalue weighted by Crippen LogP contribution is -2.36. The van der Waals surface area contributed by atoms with Crippen molar-refractivity contribution in [1.29, 1.82) is 0 Å². The van der Waals surface area contributed by atoms with Gasteiger partial charge in [-0.3, -0.25) is 4.79 Å². The summed E-state index contributed by atoms with van der Waals surface area (Å²) in [7, 11) is 0. The molecule has 0 bridgehead atoms. The van der Waals surface area contributed by atoms with E-state index >= 15 is 0 Å². The second-order valence-corrected chi connectivity index (χ2v) is 7.00. The van der Waals surface area contributed by atoms with Gasteiger partial charge in [-0.2, -0.15) is 0 Å². The van der Waals surface area contributed by atoms with E-state index in [0.29, 0.717) is 0 Å². The normalized spacial score (nSPS) is 14.1. The molecule has 0 heterocycles. The van der Waals surface area contributed by atoms with Crippen LogP contribution in [0.3, 0.4) is 0 Å². The number of hydrogen-bond donors (Lipinski definition) is 3. The summed E-state index contributed by atoms with van der Waals surface area (Å²) in [5.41, 5.74) is 0. The van der Waals surface area contributed by atoms with Gasteiger partial charge in [0.05, 0.1) is 6.61 Å². The van der Waals surface area contributed by atoms with Crippen LogP contribution >= 0.6 is 0 Å². The van der Waals surface area contributed by atoms with Crippen LogP contribution in [-0.2, 0) is 4.79 Å². The zero-order chi connectivity index (χ0) is 18.8. The summed E-state index contributed by atoms with van der Waals surface area (Å²) in [4.78, 5) is 11.5. The van der Waals surface area contributed by atoms with Crippen LogP contribution in [0.25, 0.3) is 0 Å². The van der Waals surface area contributed by atoms with Crippen LogP contribution in [-0.4, -0.2) is 39.9 Å². The van der Waals surface area contributed by atoms with E-state index in [1.165, 1.54) is 51.4 Å². The Balaban J connectivity index is 3.33. The third-order valence-electron chi connectivity index (χ3n) is 4.57. The van der Waals surface area contributed by atoms with Crippen molar-refractivity contribution in [3.8, 4) is 0 Å². The highest BCUT2D eigenvalue weighted by Gasteiger charge is 2.22. The van der Waals surface area contributed by atoms with Gasteiger partial charge in [0.1, 0.15) is 12.2 Å². The molecular formula is C21H40O4. The van der Waals surface area contributed by atoms with Gasteiger partial charge < -0.3 is 15.3 Å². The van der Waals surface area contributed by atoms with Gasteiger partial charge in [-0.25, -0.2) is 0 Å². The van der Waals surface area contributed by atoms with E-state index < -0.39 is 18.8 Å². The van der Waals surface area contributed by atoms with Crippen LogP contribution in [0.5, 0.6) is 0 Å². The number of hydrogen-bond acceptors (Lipinski definition) is 4. The Morgan fingerprint density at radius 3 is 1.80 bits per heavy atom. The monoisotopic (exact) mass is 356 g/mol. The Hall–Kier alpha value is -0.710. The lowest BCUT2D eigenvalue weighted by molar-refractivity contribution is -0.134. The maximum absolute atomic E-state index is 11.5. The Morgan fingerprint density at radius 1 is 0.800 bits per heavy atom. The maximum Gasteiger partial charge on any atom is 0.164 e. The van der Waals surface area contributed by atoms with E-state index in [2.05, 4.69) is 19.1 Å². The first-order valence-electron chi connectivity index (χ1n) is 10.3. The van der Waals surface area contributed by atoms with Crippen LogP contribution in [0.1, 0.15) is 96.8 Å². The standard InChI is InChI=1S/C21H40O4/c1-2-3-4-5-6-7-8-9-10-11-12-13-14-15-16-17-19(23)21(25)20(24)18-22/h9-10,20-22,24-25H,2-8,11-18H2,1H3. The molecule has 25 heavy (non-hydrogen) atoms. The fraction of sp³-hybridized carbons (Fsp3) is 0.857. The predicted molar refractivity (Wildman–Crippen MR) is 104 cm³/mol. The molecule has 0 fully saturated rings. The molecule has 0 amide bonds. The van der Waals surface area contributed by atoms with Crippen molar-refractivity contribution in [3.05, 3.63) is 12.2 Å². The minimum atomic E-state index is -1.44. The van der Waals surface area contributed by atoms with E-state index in [-0.39, 0.29) is 12.2 Å². The maximum atomic E-state index is 11.5. The molecule has 148 valence electrons. The van der Waals surface area contributed by atoms with Gasteiger partial charge in [0.15, 0.2) is 5.78 Å². The molecule has 0 aliphatic carbocycles. The summed E-state index contributed by atoms with van der Waals surface area (Å²) in [6.07, 6.45) is 17.7. The first-order chi connectivity index (χ1) is 12.1. The van der Waals surface area contributed by atoms with Gasteiger partial charge in [-0.15, -0.1) is 0 Å². The average Bonchev–Trinajstić information content (AvgIpc) is 2.63. The molecule has 0 aromatic rings. The smallest absolute Gasteiger partial charge is 0.164 e. The highest BCUT2D eigenvalue weighted by molar-refractivity contribution is 5.83. The largest absolute Gasteiger partial charge is 0.394 e. The van der Waals surface area contributed by atoms with E-state index in [4.69, 9.17) is 5.11 Å². The molecule has 4 nitrogen and oxygen atoms in total. The quantitative estimate of drug-likeness (QED) is 0.253. The van der Waals surface area contributed by atoms with Crippen molar-refractivity contribution in [2.75, 3.05) is 6.61 Å². The highest BCUT2D eigenvalue weighted by Crippen LogP contribution is 2.11. The molecule has 3 N–H and O–H groups in total. The van der Waals surface area contributed by atoms with Crippen molar-refractivity contribution in [1.82, 2.24) is 0 Å². The summed E-state index contributed by atoms with van der Waals surface area (Å²) < 4.78 is 0. The number of allylic oxidation sites excluding steroid dienone is 2. The number of rotatable bonds is 18. The molecule has 0 aliphatic rings. The van der Waals surface area contributed by atoms with E-state index in [1.54, 1.807) is 0 Å². The van der Waals surface area contributed by atoms with E-state index in [9.17, 15) is 15.0 Å². The summed E-state index contributed by atoms with van der Waals surface area (Å²) >= 11 is 0. The second kappa shape index (κ2) is 18.1. The molecule has 0 aromatic heterocycles. The Morgan fingerprint density at radius 2 is 1.28 bits per heavy atom. The zero-order valence-corrected chi connectivity index (χ0v) is 16.2. The zero-order valence-electron chi connectivity index (χ0n) is 16.2. The molecule has 0 aliphatic heterocycles. The number of aliphatic hydroxyl groups is 3. The molecule has 0 radical (unpaired) electrons. The number of carbonyl (C=O) groups excluding carboxylic acids is 1. The van der Waals surface area contributed by atoms with Gasteiger partial charge in [-0.1, -0.05) is 70.4 Å². The van der Waals surface area contributed by atoms with Crippen LogP contribution in [0.15, 0.2) is 12.2 Å². The van der Waals surface area contributed by atoms with Gasteiger partial charge >= 0.3 is 0 Å². The molecule has 0 saturated carbocycles. The van der Waals surface area contributed by atoms with Crippen LogP contribution < -0.4 is 0 Å². The molecular weight excluding hydrogens is 316 g/mol. The molecule has 0 rings (SSSR count). The number of ketones is 1. The fourth-order valence-corrected chi connectivity index (χ4v) is 2.83. The third kappa shape index (κ3) is 15.3. The SMILES string of the molecule is CCCCCCCCC=CCCCCCCCC(=O)C(O)C(O)CO. The van der Waals surface area contributed by atoms with Crippen LogP contribution in [0.4, 0.5) is 0 Å². The van der Waals surface area contributed by atoms with Gasteiger partial charge in [0.25, 0.3) is 0 Å². The van der Waals surface area contributed by atoms with Gasteiger partial charge in [0, 0.05) is 6.42 Å². The summed E-state index contributed by atoms with van der Waals surface area (Å²) in [5, 5.41) is 27.3. The van der Waals surface area contributed by atoms with Gasteiger partial charge in [-0.05, 0) is 32.1 Å². The Labute approximate surface area is 154 Å². The molecule has 0 aromatic carbocycles. The van der Waals surface area contributed by atoms with Crippen molar-refractivity contribution in [2.45, 2.75) is 109 Å². The summed E-state index contributed by atoms with van der Waals surface area (Å²) in [5.74, 6) is -0.376. The molecule has 0 saturated heterocycles. The average molecular weight is 357 g/mol. The minimum absolute atomic E-state index is 0.274. The van der Waals surface area contributed by atoms with E-state index in [0.717, 1.165) is 32.1 Å². The molecule has 2 atom stereocenters. The summed E-state index contributed by atoms with van der Waals surface area (Å²) in [6.45, 7) is 1.66. The molecule has 2 unspecified atom stereocenters. The fourth-order valence-electron chi connectivity index (χ4n) is 2.83. The van der Waals surface area contributed by atoms with Crippen LogP contribution in [0.2, 0.25) is 0 Å². The second-order valence-electron chi connectivity index (χ2n) is 7.00. The van der Waals surface area contributed by atoms with Crippen molar-refractivity contribution in [2.24, 2.45) is 0 Å². The summed E-state index contributed by atoms with van der Waals surface area (Å²) in [6, 6.07) is 0.